The van der Waals surface area contributed by atoms with E-state index in [2.05, 4.69) is 13.5 Å². The summed E-state index contributed by atoms with van der Waals surface area (Å²) in [4.78, 5) is 10.4. The average Bonchev–Trinajstić information content (AvgIpc) is 2.11. The van der Waals surface area contributed by atoms with Gasteiger partial charge in [0.25, 0.3) is 0 Å². The van der Waals surface area contributed by atoms with Crippen molar-refractivity contribution in [2.45, 2.75) is 0 Å². The van der Waals surface area contributed by atoms with Crippen molar-refractivity contribution in [3.05, 3.63) is 0 Å². The lowest BCUT2D eigenvalue weighted by molar-refractivity contribution is 0.566. The number of halogens is 6. The second kappa shape index (κ2) is 5.15. The topological polar surface area (TPSA) is 69.8 Å². The first-order valence-corrected chi connectivity index (χ1v) is 10.3. The molecule has 0 amide bonds. The molecular weight excluding hydrogens is 360 g/mol. The van der Waals surface area contributed by atoms with Crippen LogP contribution in [0.25, 0.3) is 0 Å². The van der Waals surface area contributed by atoms with Crippen molar-refractivity contribution < 1.29 is 30.0 Å². The molecule has 16 heteroatoms. The molecule has 19 heavy (non-hydrogen) atoms. The highest BCUT2D eigenvalue weighted by molar-refractivity contribution is 7.85. The minimum absolute atomic E-state index is 0.408. The van der Waals surface area contributed by atoms with Gasteiger partial charge in [0.15, 0.2) is 0 Å². The maximum atomic E-state index is 14.1. The normalized spacial score (nSPS) is 36.9. The number of nitrogens with zero attached hydrogens (tertiary/aromatic N) is 5. The maximum absolute atomic E-state index is 14.1. The lowest BCUT2D eigenvalue weighted by atomic mass is 11.3. The van der Waals surface area contributed by atoms with Crippen LogP contribution in [0.1, 0.15) is 0 Å². The number of rotatable bonds is 2. The van der Waals surface area contributed by atoms with Crippen LogP contribution in [0, 0.1) is 0 Å². The maximum Gasteiger partial charge on any atom is 0.424 e. The molecule has 0 aromatic rings. The summed E-state index contributed by atoms with van der Waals surface area (Å²) in [7, 11) is -20.6. The van der Waals surface area contributed by atoms with Crippen LogP contribution in [-0.2, 0) is 4.79 Å². The number of hydrogen-bond acceptors (Lipinski definition) is 6. The Hall–Kier alpha value is 0.130. The third-order valence-electron chi connectivity index (χ3n) is 1.55. The Morgan fingerprint density at radius 3 is 1.74 bits per heavy atom. The Labute approximate surface area is 104 Å². The van der Waals surface area contributed by atoms with Crippen molar-refractivity contribution in [1.29, 1.82) is 0 Å². The molecule has 0 aromatic carbocycles. The predicted molar refractivity (Wildman–Crippen MR) is 64.5 cm³/mol. The van der Waals surface area contributed by atoms with Gasteiger partial charge in [-0.1, -0.05) is 0 Å². The Morgan fingerprint density at radius 1 is 0.842 bits per heavy atom. The third kappa shape index (κ3) is 4.30. The molecule has 0 N–H and O–H groups in total. The molecule has 1 aliphatic rings. The smallest absolute Gasteiger partial charge is 0.292 e. The molecule has 0 saturated heterocycles. The fraction of sp³-hybridized carbons (Fsp3) is 0.667. The number of carbonyl (C=O) groups is 1. The zero-order chi connectivity index (χ0) is 15.1. The molecule has 0 saturated carbocycles. The monoisotopic (exact) mass is 367 g/mol. The molecule has 0 bridgehead atoms. The standard InChI is InChI=1S/C3H7F6N5OP4/c1-14(2)19(9)11-16(4,3-15)10-17(5,6)12-18(7,8)13-19/h3H,1-2H3. The summed E-state index contributed by atoms with van der Waals surface area (Å²) < 4.78 is 89.1. The fourth-order valence-corrected chi connectivity index (χ4v) is 8.94. The fourth-order valence-electron chi connectivity index (χ4n) is 0.851. The van der Waals surface area contributed by atoms with Crippen LogP contribution in [0.3, 0.4) is 0 Å². The Morgan fingerprint density at radius 2 is 1.32 bits per heavy atom. The van der Waals surface area contributed by atoms with E-state index in [4.69, 9.17) is 0 Å². The van der Waals surface area contributed by atoms with Crippen molar-refractivity contribution in [1.82, 2.24) is 4.67 Å². The second-order valence-corrected chi connectivity index (χ2v) is 11.1. The minimum atomic E-state index is -6.12. The van der Waals surface area contributed by atoms with Gasteiger partial charge in [0.2, 0.25) is 6.03 Å². The van der Waals surface area contributed by atoms with Gasteiger partial charge in [0.1, 0.15) is 0 Å². The Bertz CT molecular complexity index is 614. The Kier molecular flexibility index (Phi) is 4.66. The molecule has 6 nitrogen and oxygen atoms in total. The summed E-state index contributed by atoms with van der Waals surface area (Å²) >= 11 is 0. The van der Waals surface area contributed by atoms with Crippen molar-refractivity contribution in [3.8, 4) is 0 Å². The quantitative estimate of drug-likeness (QED) is 0.320. The molecule has 2 unspecified atom stereocenters. The highest BCUT2D eigenvalue weighted by Crippen LogP contribution is 2.81. The van der Waals surface area contributed by atoms with Crippen LogP contribution in [0.2, 0.25) is 0 Å². The second-order valence-electron chi connectivity index (χ2n) is 3.29. The first kappa shape index (κ1) is 17.2. The van der Waals surface area contributed by atoms with Crippen LogP contribution in [-0.4, -0.2) is 24.8 Å². The van der Waals surface area contributed by atoms with Gasteiger partial charge in [0, 0.05) is 0 Å². The van der Waals surface area contributed by atoms with Gasteiger partial charge < -0.3 is 0 Å². The van der Waals surface area contributed by atoms with Crippen LogP contribution >= 0.6 is 30.8 Å². The van der Waals surface area contributed by atoms with E-state index >= 15 is 0 Å². The SMILES string of the molecule is CN(C)P1(F)=NP(F)(C=O)=NP(F)(F)=NP(F)(F)=N1. The molecule has 1 heterocycles. The molecule has 0 radical (unpaired) electrons. The van der Waals surface area contributed by atoms with E-state index in [1.807, 2.05) is 0 Å². The zero-order valence-corrected chi connectivity index (χ0v) is 12.9. The van der Waals surface area contributed by atoms with Gasteiger partial charge in [-0.2, -0.15) is 12.9 Å². The molecule has 1 aliphatic heterocycles. The molecule has 0 aliphatic carbocycles. The van der Waals surface area contributed by atoms with E-state index in [0.29, 0.717) is 4.67 Å². The third-order valence-corrected chi connectivity index (χ3v) is 10.1. The first-order valence-electron chi connectivity index (χ1n) is 4.20. The highest BCUT2D eigenvalue weighted by Gasteiger charge is 2.39. The number of hydrogen-bond donors (Lipinski definition) is 0. The Balaban J connectivity index is 3.83. The number of carbonyl (C=O) groups excluding carboxylic acids is 1. The van der Waals surface area contributed by atoms with Gasteiger partial charge in [-0.15, -0.1) is 30.3 Å². The van der Waals surface area contributed by atoms with Crippen molar-refractivity contribution in [2.24, 2.45) is 18.1 Å². The van der Waals surface area contributed by atoms with Gasteiger partial charge in [-0.25, -0.2) is 4.67 Å². The first-order chi connectivity index (χ1) is 8.33. The largest absolute Gasteiger partial charge is 0.424 e. The van der Waals surface area contributed by atoms with Crippen molar-refractivity contribution in [3.63, 3.8) is 0 Å². The predicted octanol–water partition coefficient (Wildman–Crippen LogP) is 6.44. The van der Waals surface area contributed by atoms with Crippen molar-refractivity contribution in [2.75, 3.05) is 14.1 Å². The molecule has 1 rings (SSSR count). The minimum Gasteiger partial charge on any atom is -0.292 e. The van der Waals surface area contributed by atoms with Gasteiger partial charge in [-0.3, -0.25) is 4.79 Å². The van der Waals surface area contributed by atoms with Crippen LogP contribution in [0.15, 0.2) is 18.1 Å². The summed E-state index contributed by atoms with van der Waals surface area (Å²) in [6, 6.07) is -0.703. The molecule has 0 aromatic heterocycles. The molecular formula is C3H7F6N5OP4. The van der Waals surface area contributed by atoms with Gasteiger partial charge in [-0.05, 0) is 14.1 Å². The van der Waals surface area contributed by atoms with Gasteiger partial charge in [0.05, 0.1) is 0 Å². The summed E-state index contributed by atoms with van der Waals surface area (Å²) in [5, 5.41) is 0. The van der Waals surface area contributed by atoms with E-state index in [-0.39, 0.29) is 0 Å². The summed E-state index contributed by atoms with van der Waals surface area (Å²) in [6.07, 6.45) is 0. The van der Waals surface area contributed by atoms with Gasteiger partial charge >= 0.3 is 30.8 Å². The van der Waals surface area contributed by atoms with E-state index in [1.165, 1.54) is 0 Å². The van der Waals surface area contributed by atoms with Crippen LogP contribution in [0.5, 0.6) is 0 Å². The lowest BCUT2D eigenvalue weighted by Crippen LogP contribution is -2.03. The highest BCUT2D eigenvalue weighted by atomic mass is 31.3. The summed E-state index contributed by atoms with van der Waals surface area (Å²) in [5.41, 5.74) is 0. The molecule has 112 valence electrons. The average molecular weight is 367 g/mol. The molecule has 0 spiro atoms. The van der Waals surface area contributed by atoms with E-state index in [1.54, 1.807) is 4.52 Å². The summed E-state index contributed by atoms with van der Waals surface area (Å²) in [6.45, 7) is 0. The lowest BCUT2D eigenvalue weighted by Gasteiger charge is -2.21. The van der Waals surface area contributed by atoms with Crippen LogP contribution in [0.4, 0.5) is 25.2 Å². The van der Waals surface area contributed by atoms with Crippen molar-refractivity contribution >= 4 is 36.9 Å². The van der Waals surface area contributed by atoms with E-state index in [0.717, 1.165) is 14.1 Å². The van der Waals surface area contributed by atoms with E-state index in [9.17, 15) is 30.0 Å². The van der Waals surface area contributed by atoms with Crippen LogP contribution < -0.4 is 0 Å². The molecule has 2 atom stereocenters. The van der Waals surface area contributed by atoms with E-state index < -0.39 is 36.9 Å². The molecule has 0 fully saturated rings. The zero-order valence-electron chi connectivity index (χ0n) is 9.28. The summed E-state index contributed by atoms with van der Waals surface area (Å²) in [5.74, 6) is 0.